The van der Waals surface area contributed by atoms with Crippen molar-refractivity contribution in [1.82, 2.24) is 4.98 Å². The van der Waals surface area contributed by atoms with E-state index in [0.717, 1.165) is 76.6 Å². The van der Waals surface area contributed by atoms with Gasteiger partial charge in [0, 0.05) is 49.4 Å². The van der Waals surface area contributed by atoms with Gasteiger partial charge in [0.15, 0.2) is 0 Å². The number of nitrogens with one attached hydrogen (secondary N) is 1. The lowest BCUT2D eigenvalue weighted by Crippen LogP contribution is -1.93. The van der Waals surface area contributed by atoms with Gasteiger partial charge in [0.1, 0.15) is 22.3 Å². The van der Waals surface area contributed by atoms with Gasteiger partial charge in [-0.2, -0.15) is 0 Å². The number of aromatic nitrogens is 1. The minimum atomic E-state index is -0.321. The van der Waals surface area contributed by atoms with Crippen LogP contribution in [0.1, 0.15) is 0 Å². The molecule has 10 aromatic carbocycles. The van der Waals surface area contributed by atoms with E-state index < -0.39 is 0 Å². The van der Waals surface area contributed by atoms with Crippen LogP contribution in [-0.4, -0.2) is 9.91 Å². The molecule has 0 aliphatic carbocycles. The van der Waals surface area contributed by atoms with Crippen molar-refractivity contribution in [2.75, 3.05) is 0 Å². The number of furan rings is 2. The van der Waals surface area contributed by atoms with Gasteiger partial charge in [0.2, 0.25) is 0 Å². The normalized spacial score (nSPS) is 11.9. The Labute approximate surface area is 329 Å². The Hall–Kier alpha value is -7.96. The monoisotopic (exact) mass is 746 g/mol. The van der Waals surface area contributed by atoms with E-state index in [9.17, 15) is 10.1 Å². The second-order valence-electron chi connectivity index (χ2n) is 14.9. The lowest BCUT2D eigenvalue weighted by molar-refractivity contribution is -0.384. The Morgan fingerprint density at radius 2 is 0.914 bits per heavy atom. The quantitative estimate of drug-likeness (QED) is 0.141. The first kappa shape index (κ1) is 32.3. The summed E-state index contributed by atoms with van der Waals surface area (Å²) in [7, 11) is 0. The molecule has 0 aliphatic rings. The van der Waals surface area contributed by atoms with Crippen molar-refractivity contribution in [2.45, 2.75) is 0 Å². The van der Waals surface area contributed by atoms with Gasteiger partial charge >= 0.3 is 0 Å². The van der Waals surface area contributed by atoms with Gasteiger partial charge in [-0.15, -0.1) is 0 Å². The van der Waals surface area contributed by atoms with Crippen molar-refractivity contribution in [3.63, 3.8) is 0 Å². The summed E-state index contributed by atoms with van der Waals surface area (Å²) < 4.78 is 12.5. The fraction of sp³-hybridized carbons (Fsp3) is 0. The van der Waals surface area contributed by atoms with Crippen molar-refractivity contribution >= 4 is 114 Å². The summed E-state index contributed by atoms with van der Waals surface area (Å²) in [6, 6.07) is 59.3. The number of nitro groups is 1. The van der Waals surface area contributed by atoms with E-state index in [4.69, 9.17) is 8.83 Å². The van der Waals surface area contributed by atoms with Gasteiger partial charge in [0.05, 0.1) is 10.5 Å². The van der Waals surface area contributed by atoms with E-state index in [2.05, 4.69) is 108 Å². The summed E-state index contributed by atoms with van der Waals surface area (Å²) in [5.74, 6) is 0. The van der Waals surface area contributed by atoms with Gasteiger partial charge in [-0.25, -0.2) is 0 Å². The topological polar surface area (TPSA) is 85.2 Å². The number of nitrogens with zero attached hydrogens (tertiary/aromatic N) is 1. The summed E-state index contributed by atoms with van der Waals surface area (Å²) in [5.41, 5.74) is 7.21. The van der Waals surface area contributed by atoms with Crippen molar-refractivity contribution in [1.29, 1.82) is 0 Å². The third-order valence-electron chi connectivity index (χ3n) is 11.7. The van der Waals surface area contributed by atoms with Crippen LogP contribution >= 0.6 is 0 Å². The third kappa shape index (κ3) is 4.79. The molecular weight excluding hydrogens is 717 g/mol. The molecule has 0 aliphatic heterocycles. The van der Waals surface area contributed by atoms with Crippen LogP contribution in [0.3, 0.4) is 0 Å². The second-order valence-corrected chi connectivity index (χ2v) is 14.9. The highest BCUT2D eigenvalue weighted by molar-refractivity contribution is 6.26. The number of hydrogen-bond acceptors (Lipinski definition) is 4. The predicted octanol–water partition coefficient (Wildman–Crippen LogP) is 15.0. The maximum absolute atomic E-state index is 11.8. The number of fused-ring (bicyclic) bond motifs is 16. The van der Waals surface area contributed by atoms with Gasteiger partial charge in [-0.05, 0) is 97.2 Å². The first-order chi connectivity index (χ1) is 28.6. The first-order valence-electron chi connectivity index (χ1n) is 19.3. The van der Waals surface area contributed by atoms with Crippen LogP contribution in [0.15, 0.2) is 185 Å². The molecule has 0 unspecified atom stereocenters. The van der Waals surface area contributed by atoms with Gasteiger partial charge in [-0.3, -0.25) is 10.1 Å². The van der Waals surface area contributed by atoms with E-state index in [1.54, 1.807) is 12.1 Å². The zero-order valence-corrected chi connectivity index (χ0v) is 30.8. The number of aromatic amines is 1. The van der Waals surface area contributed by atoms with Crippen molar-refractivity contribution in [3.8, 4) is 11.1 Å². The van der Waals surface area contributed by atoms with E-state index in [1.165, 1.54) is 37.7 Å². The minimum absolute atomic E-state index is 0.0922. The van der Waals surface area contributed by atoms with Crippen LogP contribution in [0.2, 0.25) is 0 Å². The van der Waals surface area contributed by atoms with Crippen LogP contribution in [-0.2, 0) is 0 Å². The summed E-state index contributed by atoms with van der Waals surface area (Å²) in [6.07, 6.45) is 0. The molecule has 0 atom stereocenters. The molecule has 0 saturated carbocycles. The Balaban J connectivity index is 0.000000126. The third-order valence-corrected chi connectivity index (χ3v) is 11.7. The van der Waals surface area contributed by atoms with Gasteiger partial charge in [-0.1, -0.05) is 121 Å². The average molecular weight is 747 g/mol. The highest BCUT2D eigenvalue weighted by Crippen LogP contribution is 2.42. The standard InChI is InChI=1S/C26H15NO3.C26H15NO/c28-27(29)22-13-10-16-5-1-3-7-19(16)25(22)18-9-12-21-24(15-18)30-23-14-11-17-6-2-4-8-20(17)26(21)23;1-3-7-17-15(5-1)9-11-21-25(17)19-14-24-20(13-22(19)27-21)26-18-8-4-2-6-16(18)10-12-23(26)28-24/h1-15H;1-14,27H. The van der Waals surface area contributed by atoms with Gasteiger partial charge < -0.3 is 13.8 Å². The number of H-pyrrole nitrogens is 1. The lowest BCUT2D eigenvalue weighted by Gasteiger charge is -2.08. The SMILES string of the molecule is O=[N+]([O-])c1ccc2ccccc2c1-c1ccc2c(c1)oc1ccc3ccccc3c12.c1ccc2c(c1)ccc1[nH]c3cc4c(cc3c12)oc1ccc2ccccc2c14. The maximum atomic E-state index is 11.8. The number of benzene rings is 10. The largest absolute Gasteiger partial charge is 0.456 e. The highest BCUT2D eigenvalue weighted by Gasteiger charge is 2.21. The van der Waals surface area contributed by atoms with Crippen LogP contribution < -0.4 is 0 Å². The molecule has 6 nitrogen and oxygen atoms in total. The molecule has 3 heterocycles. The summed E-state index contributed by atoms with van der Waals surface area (Å²) in [6.45, 7) is 0. The maximum Gasteiger partial charge on any atom is 0.277 e. The molecule has 0 radical (unpaired) electrons. The van der Waals surface area contributed by atoms with E-state index in [-0.39, 0.29) is 10.6 Å². The molecule has 0 bridgehead atoms. The van der Waals surface area contributed by atoms with Crippen LogP contribution in [0.5, 0.6) is 0 Å². The van der Waals surface area contributed by atoms with Crippen molar-refractivity contribution < 1.29 is 13.8 Å². The molecule has 0 saturated heterocycles. The zero-order valence-electron chi connectivity index (χ0n) is 30.8. The highest BCUT2D eigenvalue weighted by atomic mass is 16.6. The molecule has 0 amide bonds. The van der Waals surface area contributed by atoms with Crippen LogP contribution in [0, 0.1) is 10.1 Å². The molecule has 58 heavy (non-hydrogen) atoms. The van der Waals surface area contributed by atoms with E-state index in [0.29, 0.717) is 5.56 Å². The minimum Gasteiger partial charge on any atom is -0.456 e. The smallest absolute Gasteiger partial charge is 0.277 e. The lowest BCUT2D eigenvalue weighted by atomic mass is 9.95. The van der Waals surface area contributed by atoms with Crippen molar-refractivity contribution in [3.05, 3.63) is 186 Å². The second kappa shape index (κ2) is 12.3. The number of rotatable bonds is 2. The summed E-state index contributed by atoms with van der Waals surface area (Å²) >= 11 is 0. The predicted molar refractivity (Wildman–Crippen MR) is 239 cm³/mol. The molecule has 0 fully saturated rings. The molecule has 6 heteroatoms. The van der Waals surface area contributed by atoms with E-state index in [1.807, 2.05) is 60.7 Å². The Morgan fingerprint density at radius 3 is 1.55 bits per heavy atom. The van der Waals surface area contributed by atoms with Crippen LogP contribution in [0.4, 0.5) is 5.69 Å². The Morgan fingerprint density at radius 1 is 0.397 bits per heavy atom. The molecule has 13 rings (SSSR count). The fourth-order valence-corrected chi connectivity index (χ4v) is 9.13. The zero-order chi connectivity index (χ0) is 38.5. The van der Waals surface area contributed by atoms with Crippen molar-refractivity contribution in [2.24, 2.45) is 0 Å². The molecular formula is C52H30N2O4. The number of hydrogen-bond donors (Lipinski definition) is 1. The Bertz CT molecular complexity index is 3720. The van der Waals surface area contributed by atoms with Crippen LogP contribution in [0.25, 0.3) is 120 Å². The summed E-state index contributed by atoms with van der Waals surface area (Å²) in [5, 5.41) is 27.8. The van der Waals surface area contributed by atoms with E-state index >= 15 is 0 Å². The number of nitro benzene ring substituents is 1. The summed E-state index contributed by atoms with van der Waals surface area (Å²) in [4.78, 5) is 15.1. The Kier molecular flexibility index (Phi) is 6.83. The first-order valence-corrected chi connectivity index (χ1v) is 19.3. The molecule has 272 valence electrons. The molecule has 13 aromatic rings. The fourth-order valence-electron chi connectivity index (χ4n) is 9.13. The van der Waals surface area contributed by atoms with Gasteiger partial charge in [0.25, 0.3) is 5.69 Å². The molecule has 3 aromatic heterocycles. The molecule has 1 N–H and O–H groups in total. The average Bonchev–Trinajstić information content (AvgIpc) is 3.96. The molecule has 0 spiro atoms.